The number of carbonyl (C=O) groups is 1. The van der Waals surface area contributed by atoms with Crippen LogP contribution in [0.1, 0.15) is 23.0 Å². The summed E-state index contributed by atoms with van der Waals surface area (Å²) in [5.41, 5.74) is 2.02. The second-order valence-corrected chi connectivity index (χ2v) is 5.99. The topological polar surface area (TPSA) is 41.0 Å². The Morgan fingerprint density at radius 2 is 1.96 bits per heavy atom. The average Bonchev–Trinajstić information content (AvgIpc) is 3.01. The van der Waals surface area contributed by atoms with Gasteiger partial charge in [-0.3, -0.25) is 9.36 Å². The summed E-state index contributed by atoms with van der Waals surface area (Å²) >= 11 is 5.33. The number of amides is 1. The lowest BCUT2D eigenvalue weighted by Crippen LogP contribution is -2.31. The number of hydrogen-bond acceptors (Lipinski definition) is 2. The predicted molar refractivity (Wildman–Crippen MR) is 97.8 cm³/mol. The van der Waals surface area contributed by atoms with Crippen LogP contribution in [0.3, 0.4) is 0 Å². The Kier molecular flexibility index (Phi) is 5.09. The smallest absolute Gasteiger partial charge is 0.272 e. The van der Waals surface area contributed by atoms with E-state index in [2.05, 4.69) is 4.98 Å². The Hall–Kier alpha value is -2.73. The zero-order valence-corrected chi connectivity index (χ0v) is 14.6. The van der Waals surface area contributed by atoms with Crippen LogP contribution in [0, 0.1) is 10.6 Å². The van der Waals surface area contributed by atoms with Crippen molar-refractivity contribution in [3.63, 3.8) is 0 Å². The van der Waals surface area contributed by atoms with Gasteiger partial charge in [-0.2, -0.15) is 0 Å². The lowest BCUT2D eigenvalue weighted by atomic mass is 10.2. The summed E-state index contributed by atoms with van der Waals surface area (Å²) in [7, 11) is 0. The molecule has 0 saturated heterocycles. The van der Waals surface area contributed by atoms with Crippen molar-refractivity contribution in [1.82, 2.24) is 14.5 Å². The molecule has 3 aromatic rings. The minimum Gasteiger partial charge on any atom is -0.336 e. The number of carbonyl (C=O) groups excluding carboxylic acids is 1. The summed E-state index contributed by atoms with van der Waals surface area (Å²) in [5, 5.41) is 0. The molecule has 2 aromatic carbocycles. The van der Waals surface area contributed by atoms with Crippen molar-refractivity contribution in [2.75, 3.05) is 6.54 Å². The Labute approximate surface area is 150 Å². The first kappa shape index (κ1) is 17.1. The van der Waals surface area contributed by atoms with E-state index in [-0.39, 0.29) is 11.7 Å². The molecular formula is C19H18FN3OS. The fraction of sp³-hybridized carbons (Fsp3) is 0.158. The molecule has 4 nitrogen and oxygen atoms in total. The number of aromatic nitrogens is 2. The van der Waals surface area contributed by atoms with Crippen LogP contribution in [-0.4, -0.2) is 26.9 Å². The van der Waals surface area contributed by atoms with Gasteiger partial charge >= 0.3 is 0 Å². The summed E-state index contributed by atoms with van der Waals surface area (Å²) in [6.45, 7) is 2.73. The monoisotopic (exact) mass is 355 g/mol. The number of halogens is 1. The molecule has 1 heterocycles. The van der Waals surface area contributed by atoms with Crippen LogP contribution < -0.4 is 0 Å². The summed E-state index contributed by atoms with van der Waals surface area (Å²) in [5.74, 6) is -0.474. The van der Waals surface area contributed by atoms with E-state index in [0.29, 0.717) is 23.6 Å². The first-order valence-corrected chi connectivity index (χ1v) is 8.40. The predicted octanol–water partition coefficient (Wildman–Crippen LogP) is 4.34. The Balaban J connectivity index is 1.93. The largest absolute Gasteiger partial charge is 0.336 e. The second-order valence-electron chi connectivity index (χ2n) is 5.60. The van der Waals surface area contributed by atoms with Crippen LogP contribution in [0.4, 0.5) is 4.39 Å². The van der Waals surface area contributed by atoms with Crippen molar-refractivity contribution >= 4 is 18.1 Å². The van der Waals surface area contributed by atoms with Gasteiger partial charge in [0.25, 0.3) is 5.91 Å². The first-order chi connectivity index (χ1) is 12.1. The van der Waals surface area contributed by atoms with Gasteiger partial charge in [0.05, 0.1) is 0 Å². The summed E-state index contributed by atoms with van der Waals surface area (Å²) < 4.78 is 15.6. The number of para-hydroxylation sites is 1. The number of H-pyrrole nitrogens is 1. The Morgan fingerprint density at radius 1 is 1.20 bits per heavy atom. The van der Waals surface area contributed by atoms with Gasteiger partial charge in [0.1, 0.15) is 11.5 Å². The number of rotatable bonds is 5. The van der Waals surface area contributed by atoms with Gasteiger partial charge in [-0.25, -0.2) is 4.39 Å². The molecule has 0 atom stereocenters. The van der Waals surface area contributed by atoms with Gasteiger partial charge < -0.3 is 9.88 Å². The molecule has 6 heteroatoms. The molecule has 1 aromatic heterocycles. The molecule has 3 rings (SSSR count). The maximum absolute atomic E-state index is 13.4. The van der Waals surface area contributed by atoms with Crippen molar-refractivity contribution in [2.24, 2.45) is 0 Å². The highest BCUT2D eigenvalue weighted by atomic mass is 32.1. The van der Waals surface area contributed by atoms with E-state index in [0.717, 1.165) is 11.3 Å². The molecule has 0 aliphatic carbocycles. The maximum Gasteiger partial charge on any atom is 0.272 e. The second kappa shape index (κ2) is 7.44. The molecule has 0 radical (unpaired) electrons. The van der Waals surface area contributed by atoms with E-state index in [9.17, 15) is 9.18 Å². The SMILES string of the molecule is CCN(Cc1cccc(F)c1)C(=O)c1c[nH]c(=S)n1-c1ccccc1. The van der Waals surface area contributed by atoms with Gasteiger partial charge in [-0.15, -0.1) is 0 Å². The fourth-order valence-corrected chi connectivity index (χ4v) is 2.97. The van der Waals surface area contributed by atoms with E-state index in [1.54, 1.807) is 27.8 Å². The summed E-state index contributed by atoms with van der Waals surface area (Å²) in [6, 6.07) is 15.8. The molecule has 1 amide bonds. The van der Waals surface area contributed by atoms with E-state index < -0.39 is 0 Å². The van der Waals surface area contributed by atoms with E-state index in [1.165, 1.54) is 12.1 Å². The van der Waals surface area contributed by atoms with Gasteiger partial charge in [-0.1, -0.05) is 30.3 Å². The summed E-state index contributed by atoms with van der Waals surface area (Å²) in [6.07, 6.45) is 1.62. The molecule has 0 spiro atoms. The number of hydrogen-bond donors (Lipinski definition) is 1. The first-order valence-electron chi connectivity index (χ1n) is 7.99. The highest BCUT2D eigenvalue weighted by Crippen LogP contribution is 2.16. The molecule has 0 fully saturated rings. The highest BCUT2D eigenvalue weighted by Gasteiger charge is 2.20. The molecule has 0 saturated carbocycles. The standard InChI is InChI=1S/C19H18FN3OS/c1-2-22(13-14-7-6-8-15(20)11-14)18(24)17-12-21-19(25)23(17)16-9-4-3-5-10-16/h3-12H,2,13H2,1H3,(H,21,25). The van der Waals surface area contributed by atoms with Crippen LogP contribution in [0.2, 0.25) is 0 Å². The molecule has 0 unspecified atom stereocenters. The van der Waals surface area contributed by atoms with Crippen molar-refractivity contribution in [1.29, 1.82) is 0 Å². The van der Waals surface area contributed by atoms with E-state index >= 15 is 0 Å². The number of benzene rings is 2. The number of aromatic amines is 1. The fourth-order valence-electron chi connectivity index (χ4n) is 2.70. The third-order valence-electron chi connectivity index (χ3n) is 3.94. The molecule has 128 valence electrons. The van der Waals surface area contributed by atoms with Crippen LogP contribution in [-0.2, 0) is 6.54 Å². The normalized spacial score (nSPS) is 10.6. The Bertz CT molecular complexity index is 933. The zero-order chi connectivity index (χ0) is 17.8. The molecular weight excluding hydrogens is 337 g/mol. The van der Waals surface area contributed by atoms with Crippen LogP contribution in [0.15, 0.2) is 60.8 Å². The zero-order valence-electron chi connectivity index (χ0n) is 13.8. The van der Waals surface area contributed by atoms with Crippen LogP contribution >= 0.6 is 12.2 Å². The van der Waals surface area contributed by atoms with Crippen LogP contribution in [0.25, 0.3) is 5.69 Å². The van der Waals surface area contributed by atoms with E-state index in [1.807, 2.05) is 37.3 Å². The van der Waals surface area contributed by atoms with Gasteiger partial charge in [0.2, 0.25) is 0 Å². The lowest BCUT2D eigenvalue weighted by Gasteiger charge is -2.21. The number of nitrogens with one attached hydrogen (secondary N) is 1. The van der Waals surface area contributed by atoms with Gasteiger partial charge in [0.15, 0.2) is 4.77 Å². The number of imidazole rings is 1. The van der Waals surface area contributed by atoms with E-state index in [4.69, 9.17) is 12.2 Å². The lowest BCUT2D eigenvalue weighted by molar-refractivity contribution is 0.0744. The summed E-state index contributed by atoms with van der Waals surface area (Å²) in [4.78, 5) is 17.6. The maximum atomic E-state index is 13.4. The average molecular weight is 355 g/mol. The minimum atomic E-state index is -0.310. The van der Waals surface area contributed by atoms with Crippen molar-refractivity contribution in [3.05, 3.63) is 82.6 Å². The third kappa shape index (κ3) is 3.69. The quantitative estimate of drug-likeness (QED) is 0.692. The third-order valence-corrected chi connectivity index (χ3v) is 4.24. The van der Waals surface area contributed by atoms with Gasteiger partial charge in [0, 0.05) is 25.0 Å². The molecule has 0 aliphatic rings. The number of nitrogens with zero attached hydrogens (tertiary/aromatic N) is 2. The highest BCUT2D eigenvalue weighted by molar-refractivity contribution is 7.71. The molecule has 25 heavy (non-hydrogen) atoms. The Morgan fingerprint density at radius 3 is 2.64 bits per heavy atom. The van der Waals surface area contributed by atoms with Crippen LogP contribution in [0.5, 0.6) is 0 Å². The van der Waals surface area contributed by atoms with Crippen molar-refractivity contribution in [2.45, 2.75) is 13.5 Å². The molecule has 1 N–H and O–H groups in total. The van der Waals surface area contributed by atoms with Gasteiger partial charge in [-0.05, 0) is 49.0 Å². The molecule has 0 bridgehead atoms. The minimum absolute atomic E-state index is 0.164. The molecule has 0 aliphatic heterocycles. The van der Waals surface area contributed by atoms with Crippen molar-refractivity contribution < 1.29 is 9.18 Å². The van der Waals surface area contributed by atoms with Crippen molar-refractivity contribution in [3.8, 4) is 5.69 Å².